The van der Waals surface area contributed by atoms with Crippen molar-refractivity contribution in [3.63, 3.8) is 0 Å². The van der Waals surface area contributed by atoms with Gasteiger partial charge in [0.05, 0.1) is 19.3 Å². The summed E-state index contributed by atoms with van der Waals surface area (Å²) < 4.78 is 11.3. The Hall–Kier alpha value is -1.33. The topological polar surface area (TPSA) is 37.6 Å². The van der Waals surface area contributed by atoms with Crippen LogP contribution in [0, 0.1) is 6.92 Å². The molecule has 2 heterocycles. The first-order chi connectivity index (χ1) is 11.2. The highest BCUT2D eigenvalue weighted by atomic mass is 35.5. The molecule has 124 valence electrons. The van der Waals surface area contributed by atoms with Crippen molar-refractivity contribution in [2.24, 2.45) is 0 Å². The molecule has 1 aromatic carbocycles. The standard InChI is InChI=1S/C18H23ClN2O2/c1-14-5-6-18(23-14)17(21-7-9-22-10-8-21)13-20-12-15-3-2-4-16(19)11-15/h2-6,11,17,20H,7-10,12-13H2,1H3. The van der Waals surface area contributed by atoms with E-state index in [1.54, 1.807) is 0 Å². The molecule has 1 fully saturated rings. The van der Waals surface area contributed by atoms with Crippen LogP contribution < -0.4 is 5.32 Å². The third-order valence-electron chi connectivity index (χ3n) is 4.13. The van der Waals surface area contributed by atoms with E-state index < -0.39 is 0 Å². The van der Waals surface area contributed by atoms with Crippen LogP contribution >= 0.6 is 11.6 Å². The molecule has 1 aliphatic heterocycles. The summed E-state index contributed by atoms with van der Waals surface area (Å²) in [4.78, 5) is 2.42. The Labute approximate surface area is 142 Å². The highest BCUT2D eigenvalue weighted by Gasteiger charge is 2.24. The Bertz CT molecular complexity index is 623. The monoisotopic (exact) mass is 334 g/mol. The van der Waals surface area contributed by atoms with Gasteiger partial charge in [0.15, 0.2) is 0 Å². The molecule has 1 aromatic heterocycles. The van der Waals surface area contributed by atoms with E-state index >= 15 is 0 Å². The summed E-state index contributed by atoms with van der Waals surface area (Å²) in [6, 6.07) is 12.3. The van der Waals surface area contributed by atoms with Gasteiger partial charge in [-0.3, -0.25) is 4.90 Å². The van der Waals surface area contributed by atoms with Crippen molar-refractivity contribution in [3.05, 3.63) is 58.5 Å². The molecule has 1 saturated heterocycles. The van der Waals surface area contributed by atoms with E-state index in [-0.39, 0.29) is 6.04 Å². The van der Waals surface area contributed by atoms with Gasteiger partial charge in [-0.2, -0.15) is 0 Å². The summed E-state index contributed by atoms with van der Waals surface area (Å²) in [6.45, 7) is 7.04. The van der Waals surface area contributed by atoms with E-state index in [0.717, 1.165) is 55.9 Å². The van der Waals surface area contributed by atoms with Gasteiger partial charge in [0.25, 0.3) is 0 Å². The molecule has 5 heteroatoms. The number of morpholine rings is 1. The van der Waals surface area contributed by atoms with Gasteiger partial charge in [-0.15, -0.1) is 0 Å². The minimum absolute atomic E-state index is 0.229. The first-order valence-corrected chi connectivity index (χ1v) is 8.43. The van der Waals surface area contributed by atoms with E-state index in [2.05, 4.69) is 22.3 Å². The maximum atomic E-state index is 6.04. The summed E-state index contributed by atoms with van der Waals surface area (Å²) in [5.74, 6) is 1.97. The minimum atomic E-state index is 0.229. The number of furan rings is 1. The lowest BCUT2D eigenvalue weighted by molar-refractivity contribution is 0.0115. The average Bonchev–Trinajstić information content (AvgIpc) is 2.99. The van der Waals surface area contributed by atoms with Crippen molar-refractivity contribution in [1.82, 2.24) is 10.2 Å². The van der Waals surface area contributed by atoms with Gasteiger partial charge in [0.1, 0.15) is 11.5 Å². The third-order valence-corrected chi connectivity index (χ3v) is 4.37. The van der Waals surface area contributed by atoms with Crippen molar-refractivity contribution in [1.29, 1.82) is 0 Å². The van der Waals surface area contributed by atoms with Crippen LogP contribution in [0.3, 0.4) is 0 Å². The van der Waals surface area contributed by atoms with E-state index in [1.165, 1.54) is 5.56 Å². The van der Waals surface area contributed by atoms with Crippen LogP contribution in [0.15, 0.2) is 40.8 Å². The predicted molar refractivity (Wildman–Crippen MR) is 91.7 cm³/mol. The minimum Gasteiger partial charge on any atom is -0.465 e. The summed E-state index contributed by atoms with van der Waals surface area (Å²) in [5, 5.41) is 4.31. The second-order valence-corrected chi connectivity index (χ2v) is 6.31. The number of benzene rings is 1. The zero-order valence-electron chi connectivity index (χ0n) is 13.4. The predicted octanol–water partition coefficient (Wildman–Crippen LogP) is 3.40. The van der Waals surface area contributed by atoms with Crippen molar-refractivity contribution in [3.8, 4) is 0 Å². The molecule has 1 aliphatic rings. The van der Waals surface area contributed by atoms with Gasteiger partial charge in [-0.25, -0.2) is 0 Å². The molecule has 0 radical (unpaired) electrons. The molecule has 1 atom stereocenters. The molecule has 0 aliphatic carbocycles. The van der Waals surface area contributed by atoms with Crippen LogP contribution in [0.25, 0.3) is 0 Å². The summed E-state index contributed by atoms with van der Waals surface area (Å²) in [5.41, 5.74) is 1.19. The van der Waals surface area contributed by atoms with Gasteiger partial charge in [0, 0.05) is 31.2 Å². The van der Waals surface area contributed by atoms with Gasteiger partial charge in [-0.05, 0) is 36.8 Å². The lowest BCUT2D eigenvalue weighted by Gasteiger charge is -2.33. The normalized spacial score (nSPS) is 17.3. The molecule has 0 spiro atoms. The quantitative estimate of drug-likeness (QED) is 0.878. The van der Waals surface area contributed by atoms with Crippen LogP contribution in [0.5, 0.6) is 0 Å². The number of aryl methyl sites for hydroxylation is 1. The Balaban J connectivity index is 1.63. The van der Waals surface area contributed by atoms with Crippen LogP contribution in [0.4, 0.5) is 0 Å². The molecule has 0 amide bonds. The molecule has 0 saturated carbocycles. The lowest BCUT2D eigenvalue weighted by atomic mass is 10.1. The van der Waals surface area contributed by atoms with E-state index in [0.29, 0.717) is 0 Å². The van der Waals surface area contributed by atoms with E-state index in [9.17, 15) is 0 Å². The van der Waals surface area contributed by atoms with Crippen molar-refractivity contribution >= 4 is 11.6 Å². The van der Waals surface area contributed by atoms with Crippen molar-refractivity contribution in [2.75, 3.05) is 32.8 Å². The van der Waals surface area contributed by atoms with Gasteiger partial charge < -0.3 is 14.5 Å². The second-order valence-electron chi connectivity index (χ2n) is 5.87. The van der Waals surface area contributed by atoms with Crippen LogP contribution in [0.2, 0.25) is 5.02 Å². The zero-order valence-corrected chi connectivity index (χ0v) is 14.2. The molecule has 2 aromatic rings. The molecular weight excluding hydrogens is 312 g/mol. The SMILES string of the molecule is Cc1ccc(C(CNCc2cccc(Cl)c2)N2CCOCC2)o1. The summed E-state index contributed by atoms with van der Waals surface area (Å²) in [7, 11) is 0. The Morgan fingerprint density at radius 3 is 2.74 bits per heavy atom. The van der Waals surface area contributed by atoms with Crippen LogP contribution in [-0.2, 0) is 11.3 Å². The molecular formula is C18H23ClN2O2. The van der Waals surface area contributed by atoms with Gasteiger partial charge in [-0.1, -0.05) is 23.7 Å². The van der Waals surface area contributed by atoms with Gasteiger partial charge >= 0.3 is 0 Å². The van der Waals surface area contributed by atoms with Crippen LogP contribution in [-0.4, -0.2) is 37.7 Å². The van der Waals surface area contributed by atoms with E-state index in [1.807, 2.05) is 31.2 Å². The zero-order chi connectivity index (χ0) is 16.1. The van der Waals surface area contributed by atoms with Gasteiger partial charge in [0.2, 0.25) is 0 Å². The number of rotatable bonds is 6. The average molecular weight is 335 g/mol. The summed E-state index contributed by atoms with van der Waals surface area (Å²) >= 11 is 6.04. The van der Waals surface area contributed by atoms with Crippen molar-refractivity contribution < 1.29 is 9.15 Å². The fourth-order valence-corrected chi connectivity index (χ4v) is 3.14. The number of hydrogen-bond donors (Lipinski definition) is 1. The van der Waals surface area contributed by atoms with Crippen LogP contribution in [0.1, 0.15) is 23.1 Å². The fourth-order valence-electron chi connectivity index (χ4n) is 2.93. The molecule has 23 heavy (non-hydrogen) atoms. The number of nitrogens with one attached hydrogen (secondary N) is 1. The second kappa shape index (κ2) is 7.97. The first kappa shape index (κ1) is 16.5. The third kappa shape index (κ3) is 4.58. The highest BCUT2D eigenvalue weighted by molar-refractivity contribution is 6.30. The molecule has 3 rings (SSSR count). The fraction of sp³-hybridized carbons (Fsp3) is 0.444. The van der Waals surface area contributed by atoms with Crippen molar-refractivity contribution in [2.45, 2.75) is 19.5 Å². The lowest BCUT2D eigenvalue weighted by Crippen LogP contribution is -2.42. The Kier molecular flexibility index (Phi) is 5.73. The number of nitrogens with zero attached hydrogens (tertiary/aromatic N) is 1. The maximum absolute atomic E-state index is 6.04. The highest BCUT2D eigenvalue weighted by Crippen LogP contribution is 2.23. The molecule has 0 bridgehead atoms. The first-order valence-electron chi connectivity index (χ1n) is 8.05. The molecule has 1 unspecified atom stereocenters. The maximum Gasteiger partial charge on any atom is 0.122 e. The summed E-state index contributed by atoms with van der Waals surface area (Å²) in [6.07, 6.45) is 0. The molecule has 4 nitrogen and oxygen atoms in total. The molecule has 1 N–H and O–H groups in total. The Morgan fingerprint density at radius 1 is 1.22 bits per heavy atom. The number of halogens is 1. The van der Waals surface area contributed by atoms with E-state index in [4.69, 9.17) is 20.8 Å². The Morgan fingerprint density at radius 2 is 2.04 bits per heavy atom. The smallest absolute Gasteiger partial charge is 0.122 e. The largest absolute Gasteiger partial charge is 0.465 e. The number of hydrogen-bond acceptors (Lipinski definition) is 4. The number of ether oxygens (including phenoxy) is 1.